The van der Waals surface area contributed by atoms with Crippen molar-refractivity contribution in [3.8, 4) is 11.3 Å². The summed E-state index contributed by atoms with van der Waals surface area (Å²) in [6.07, 6.45) is 1.64. The van der Waals surface area contributed by atoms with Crippen LogP contribution in [0, 0.1) is 11.7 Å². The number of methoxy groups -OCH3 is 1. The molecule has 158 valence electrons. The minimum atomic E-state index is -0.254. The second-order valence-electron chi connectivity index (χ2n) is 7.72. The summed E-state index contributed by atoms with van der Waals surface area (Å²) < 4.78 is 19.7. The Morgan fingerprint density at radius 1 is 1.30 bits per heavy atom. The lowest BCUT2D eigenvalue weighted by Gasteiger charge is -2.33. The van der Waals surface area contributed by atoms with E-state index in [0.29, 0.717) is 6.54 Å². The Hall–Kier alpha value is -2.51. The Labute approximate surface area is 179 Å². The third-order valence-corrected chi connectivity index (χ3v) is 6.63. The number of halogens is 1. The van der Waals surface area contributed by atoms with Gasteiger partial charge in [0.05, 0.1) is 27.7 Å². The number of amides is 1. The van der Waals surface area contributed by atoms with E-state index in [4.69, 9.17) is 9.72 Å². The number of benzene rings is 1. The van der Waals surface area contributed by atoms with E-state index in [-0.39, 0.29) is 23.7 Å². The number of rotatable bonds is 6. The summed E-state index contributed by atoms with van der Waals surface area (Å²) >= 11 is 1.68. The number of nitrogens with one attached hydrogen (secondary N) is 1. The summed E-state index contributed by atoms with van der Waals surface area (Å²) in [5.74, 6) is -0.111. The predicted molar refractivity (Wildman–Crippen MR) is 119 cm³/mol. The molecule has 3 aromatic rings. The number of hydrogen-bond acceptors (Lipinski definition) is 5. The molecule has 1 aliphatic rings. The molecule has 1 amide bonds. The molecule has 7 heteroatoms. The van der Waals surface area contributed by atoms with Crippen molar-refractivity contribution in [1.82, 2.24) is 10.3 Å². The molecule has 1 unspecified atom stereocenters. The number of piperidine rings is 1. The zero-order chi connectivity index (χ0) is 21.1. The number of nitrogens with zero attached hydrogens (tertiary/aromatic N) is 2. The first-order valence-electron chi connectivity index (χ1n) is 10.2. The van der Waals surface area contributed by atoms with E-state index in [2.05, 4.69) is 16.3 Å². The number of carbonyl (C=O) groups is 1. The van der Waals surface area contributed by atoms with Gasteiger partial charge in [0.25, 0.3) is 0 Å². The second kappa shape index (κ2) is 9.10. The van der Waals surface area contributed by atoms with Gasteiger partial charge in [-0.25, -0.2) is 9.37 Å². The van der Waals surface area contributed by atoms with Crippen LogP contribution in [0.15, 0.2) is 41.8 Å². The zero-order valence-electron chi connectivity index (χ0n) is 17.2. The largest absolute Gasteiger partial charge is 0.380 e. The highest BCUT2D eigenvalue weighted by Gasteiger charge is 2.26. The Morgan fingerprint density at radius 2 is 2.03 bits per heavy atom. The summed E-state index contributed by atoms with van der Waals surface area (Å²) in [5, 5.41) is 5.05. The molecule has 0 radical (unpaired) electrons. The van der Waals surface area contributed by atoms with Crippen molar-refractivity contribution >= 4 is 33.1 Å². The molecule has 5 nitrogen and oxygen atoms in total. The molecule has 1 N–H and O–H groups in total. The molecule has 3 heterocycles. The maximum absolute atomic E-state index is 13.3. The van der Waals surface area contributed by atoms with Crippen LogP contribution in [0.5, 0.6) is 0 Å². The normalized spacial score (nSPS) is 16.0. The number of aromatic nitrogens is 1. The number of anilines is 1. The third kappa shape index (κ3) is 4.47. The van der Waals surface area contributed by atoms with Crippen LogP contribution < -0.4 is 10.2 Å². The second-order valence-corrected chi connectivity index (χ2v) is 8.64. The molecule has 1 aliphatic heterocycles. The molecule has 0 saturated carbocycles. The van der Waals surface area contributed by atoms with E-state index in [1.54, 1.807) is 30.6 Å². The van der Waals surface area contributed by atoms with Gasteiger partial charge in [0.1, 0.15) is 5.82 Å². The van der Waals surface area contributed by atoms with E-state index in [0.717, 1.165) is 53.1 Å². The Bertz CT molecular complexity index is 1010. The molecule has 1 fully saturated rings. The van der Waals surface area contributed by atoms with Gasteiger partial charge < -0.3 is 15.0 Å². The van der Waals surface area contributed by atoms with Gasteiger partial charge in [-0.1, -0.05) is 0 Å². The van der Waals surface area contributed by atoms with Crippen molar-refractivity contribution < 1.29 is 13.9 Å². The van der Waals surface area contributed by atoms with E-state index in [1.165, 1.54) is 12.1 Å². The van der Waals surface area contributed by atoms with Crippen molar-refractivity contribution in [2.24, 2.45) is 5.92 Å². The summed E-state index contributed by atoms with van der Waals surface area (Å²) in [6.45, 7) is 4.11. The Balaban J connectivity index is 1.51. The summed E-state index contributed by atoms with van der Waals surface area (Å²) in [5.41, 5.74) is 3.82. The number of pyridine rings is 1. The maximum atomic E-state index is 13.3. The number of hydrogen-bond donors (Lipinski definition) is 1. The van der Waals surface area contributed by atoms with Crippen molar-refractivity contribution in [2.75, 3.05) is 31.6 Å². The summed E-state index contributed by atoms with van der Waals surface area (Å²) in [7, 11) is 1.65. The average Bonchev–Trinajstić information content (AvgIpc) is 3.26. The fourth-order valence-corrected chi connectivity index (χ4v) is 4.67. The summed E-state index contributed by atoms with van der Waals surface area (Å²) in [4.78, 5) is 19.6. The number of carbonyl (C=O) groups excluding carboxylic acids is 1. The highest BCUT2D eigenvalue weighted by atomic mass is 32.1. The van der Waals surface area contributed by atoms with Crippen molar-refractivity contribution in [3.63, 3.8) is 0 Å². The fourth-order valence-electron chi connectivity index (χ4n) is 3.80. The van der Waals surface area contributed by atoms with Crippen LogP contribution in [0.3, 0.4) is 0 Å². The molecule has 2 aromatic heterocycles. The maximum Gasteiger partial charge on any atom is 0.223 e. The van der Waals surface area contributed by atoms with Crippen LogP contribution in [0.4, 0.5) is 10.1 Å². The topological polar surface area (TPSA) is 54.5 Å². The van der Waals surface area contributed by atoms with Crippen LogP contribution >= 0.6 is 11.3 Å². The average molecular weight is 428 g/mol. The molecular formula is C23H26FN3O2S. The Kier molecular flexibility index (Phi) is 6.29. The molecule has 0 aliphatic carbocycles. The number of fused-ring (bicyclic) bond motifs is 1. The lowest BCUT2D eigenvalue weighted by atomic mass is 9.95. The minimum Gasteiger partial charge on any atom is -0.380 e. The Morgan fingerprint density at radius 3 is 2.73 bits per heavy atom. The predicted octanol–water partition coefficient (Wildman–Crippen LogP) is 4.47. The van der Waals surface area contributed by atoms with Gasteiger partial charge in [-0.15, -0.1) is 11.3 Å². The molecule has 1 atom stereocenters. The fraction of sp³-hybridized carbons (Fsp3) is 0.391. The van der Waals surface area contributed by atoms with E-state index in [9.17, 15) is 9.18 Å². The van der Waals surface area contributed by atoms with Gasteiger partial charge in [0.2, 0.25) is 5.91 Å². The SMILES string of the molecule is COC(C)CNC(=O)C1CCN(c2cc(-c3ccc(F)cc3)nc3ccsc23)CC1. The lowest BCUT2D eigenvalue weighted by molar-refractivity contribution is -0.126. The highest BCUT2D eigenvalue weighted by molar-refractivity contribution is 7.17. The van der Waals surface area contributed by atoms with Gasteiger partial charge in [-0.3, -0.25) is 4.79 Å². The smallest absolute Gasteiger partial charge is 0.223 e. The first-order valence-corrected chi connectivity index (χ1v) is 11.1. The van der Waals surface area contributed by atoms with Crippen molar-refractivity contribution in [3.05, 3.63) is 47.6 Å². The van der Waals surface area contributed by atoms with Gasteiger partial charge in [-0.05, 0) is 61.5 Å². The lowest BCUT2D eigenvalue weighted by Crippen LogP contribution is -2.42. The molecular weight excluding hydrogens is 401 g/mol. The van der Waals surface area contributed by atoms with Crippen LogP contribution in [-0.2, 0) is 9.53 Å². The highest BCUT2D eigenvalue weighted by Crippen LogP contribution is 2.36. The standard InChI is InChI=1S/C23H26FN3O2S/c1-15(29-2)14-25-23(28)17-7-10-27(11-8-17)21-13-20(16-3-5-18(24)6-4-16)26-19-9-12-30-22(19)21/h3-6,9,12-13,15,17H,7-8,10-11,14H2,1-2H3,(H,25,28). The molecule has 1 saturated heterocycles. The van der Waals surface area contributed by atoms with E-state index >= 15 is 0 Å². The van der Waals surface area contributed by atoms with Crippen LogP contribution in [0.25, 0.3) is 21.5 Å². The zero-order valence-corrected chi connectivity index (χ0v) is 18.0. The molecule has 1 aromatic carbocycles. The molecule has 4 rings (SSSR count). The molecule has 0 bridgehead atoms. The first-order chi connectivity index (χ1) is 14.5. The minimum absolute atomic E-state index is 0.0165. The van der Waals surface area contributed by atoms with Crippen LogP contribution in [0.1, 0.15) is 19.8 Å². The monoisotopic (exact) mass is 427 g/mol. The molecule has 30 heavy (non-hydrogen) atoms. The van der Waals surface area contributed by atoms with Crippen molar-refractivity contribution in [2.45, 2.75) is 25.9 Å². The quantitative estimate of drug-likeness (QED) is 0.631. The first kappa shape index (κ1) is 20.8. The van der Waals surface area contributed by atoms with Crippen LogP contribution in [0.2, 0.25) is 0 Å². The third-order valence-electron chi connectivity index (χ3n) is 5.70. The van der Waals surface area contributed by atoms with Gasteiger partial charge in [0, 0.05) is 38.2 Å². The number of thiophene rings is 1. The number of ether oxygens (including phenoxy) is 1. The molecule has 0 spiro atoms. The van der Waals surface area contributed by atoms with Crippen molar-refractivity contribution in [1.29, 1.82) is 0 Å². The van der Waals surface area contributed by atoms with Gasteiger partial charge >= 0.3 is 0 Å². The van der Waals surface area contributed by atoms with E-state index in [1.807, 2.05) is 18.4 Å². The van der Waals surface area contributed by atoms with Crippen LogP contribution in [-0.4, -0.2) is 43.7 Å². The van der Waals surface area contributed by atoms with Gasteiger partial charge in [0.15, 0.2) is 0 Å². The summed E-state index contributed by atoms with van der Waals surface area (Å²) in [6, 6.07) is 10.6. The van der Waals surface area contributed by atoms with Gasteiger partial charge in [-0.2, -0.15) is 0 Å². The van der Waals surface area contributed by atoms with E-state index < -0.39 is 0 Å².